The number of ketones is 1. The van der Waals surface area contributed by atoms with Gasteiger partial charge in [-0.25, -0.2) is 4.79 Å². The Morgan fingerprint density at radius 3 is 2.63 bits per heavy atom. The van der Waals surface area contributed by atoms with Crippen LogP contribution in [-0.2, 0) is 14.3 Å². The normalized spacial score (nSPS) is 27.5. The molecule has 8 heteroatoms. The van der Waals surface area contributed by atoms with Crippen LogP contribution in [0.15, 0.2) is 30.4 Å². The Labute approximate surface area is 175 Å². The van der Waals surface area contributed by atoms with Crippen LogP contribution >= 0.6 is 0 Å². The van der Waals surface area contributed by atoms with Crippen molar-refractivity contribution in [3.63, 3.8) is 0 Å². The van der Waals surface area contributed by atoms with Crippen LogP contribution in [0.1, 0.15) is 36.2 Å². The highest BCUT2D eigenvalue weighted by Gasteiger charge is 2.25. The summed E-state index contributed by atoms with van der Waals surface area (Å²) in [6, 6.07) is 3.09. The lowest BCUT2D eigenvalue weighted by molar-refractivity contribution is -0.127. The van der Waals surface area contributed by atoms with Gasteiger partial charge in [-0.05, 0) is 31.1 Å². The van der Waals surface area contributed by atoms with E-state index in [1.807, 2.05) is 0 Å². The molecule has 0 radical (unpaired) electrons. The van der Waals surface area contributed by atoms with E-state index in [9.17, 15) is 24.9 Å². The Morgan fingerprint density at radius 2 is 1.93 bits per heavy atom. The zero-order valence-electron chi connectivity index (χ0n) is 17.4. The first kappa shape index (κ1) is 23.6. The number of rotatable bonds is 4. The minimum atomic E-state index is -1.56. The van der Waals surface area contributed by atoms with E-state index in [0.29, 0.717) is 24.4 Å². The molecule has 1 aliphatic heterocycles. The largest absolute Gasteiger partial charge is 0.507 e. The van der Waals surface area contributed by atoms with Gasteiger partial charge in [0, 0.05) is 31.3 Å². The fraction of sp³-hybridized carbons (Fsp3) is 0.455. The molecule has 0 unspecified atom stereocenters. The second kappa shape index (κ2) is 10.9. The Bertz CT molecular complexity index is 818. The predicted molar refractivity (Wildman–Crippen MR) is 112 cm³/mol. The quantitative estimate of drug-likeness (QED) is 0.431. The van der Waals surface area contributed by atoms with Crippen LogP contribution in [0.5, 0.6) is 5.75 Å². The molecule has 4 N–H and O–H groups in total. The fourth-order valence-corrected chi connectivity index (χ4v) is 2.89. The van der Waals surface area contributed by atoms with Crippen LogP contribution in [0.4, 0.5) is 5.69 Å². The SMILES string of the molecule is COCCNc1cc(O)c2c(c1)/C=C/C[C@H](O)[C@H](O)C(=O)/C=C\[C@@H](C)[C@H](C)OC2=O. The average molecular weight is 419 g/mol. The van der Waals surface area contributed by atoms with Gasteiger partial charge in [0.2, 0.25) is 0 Å². The molecule has 8 nitrogen and oxygen atoms in total. The summed E-state index contributed by atoms with van der Waals surface area (Å²) in [7, 11) is 1.57. The number of esters is 1. The van der Waals surface area contributed by atoms with Crippen molar-refractivity contribution in [3.05, 3.63) is 41.5 Å². The van der Waals surface area contributed by atoms with Gasteiger partial charge in [-0.3, -0.25) is 4.79 Å². The van der Waals surface area contributed by atoms with Crippen molar-refractivity contribution < 1.29 is 34.4 Å². The van der Waals surface area contributed by atoms with Crippen molar-refractivity contribution >= 4 is 23.5 Å². The van der Waals surface area contributed by atoms with Crippen LogP contribution in [0.25, 0.3) is 6.08 Å². The summed E-state index contributed by atoms with van der Waals surface area (Å²) in [5, 5.41) is 33.7. The van der Waals surface area contributed by atoms with E-state index in [0.717, 1.165) is 0 Å². The molecular weight excluding hydrogens is 390 g/mol. The van der Waals surface area contributed by atoms with Crippen molar-refractivity contribution in [2.45, 2.75) is 38.6 Å². The molecule has 0 saturated heterocycles. The monoisotopic (exact) mass is 419 g/mol. The first-order valence-corrected chi connectivity index (χ1v) is 9.80. The number of phenolic OH excluding ortho intramolecular Hbond substituents is 1. The maximum atomic E-state index is 12.8. The highest BCUT2D eigenvalue weighted by atomic mass is 16.5. The molecule has 164 valence electrons. The lowest BCUT2D eigenvalue weighted by Gasteiger charge is -2.20. The van der Waals surface area contributed by atoms with Gasteiger partial charge in [0.15, 0.2) is 5.78 Å². The van der Waals surface area contributed by atoms with Crippen molar-refractivity contribution in [1.82, 2.24) is 0 Å². The highest BCUT2D eigenvalue weighted by molar-refractivity contribution is 5.97. The number of aromatic hydroxyl groups is 1. The van der Waals surface area contributed by atoms with Crippen molar-refractivity contribution in [3.8, 4) is 5.75 Å². The molecule has 0 spiro atoms. The number of anilines is 1. The van der Waals surface area contributed by atoms with Crippen molar-refractivity contribution in [2.24, 2.45) is 5.92 Å². The summed E-state index contributed by atoms with van der Waals surface area (Å²) in [5.74, 6) is -1.91. The topological polar surface area (TPSA) is 125 Å². The molecule has 1 heterocycles. The van der Waals surface area contributed by atoms with Gasteiger partial charge >= 0.3 is 5.97 Å². The number of carbonyl (C=O) groups excluding carboxylic acids is 2. The van der Waals surface area contributed by atoms with E-state index in [-0.39, 0.29) is 23.7 Å². The van der Waals surface area contributed by atoms with Gasteiger partial charge in [-0.15, -0.1) is 0 Å². The first-order chi connectivity index (χ1) is 14.2. The number of aliphatic hydroxyl groups is 2. The van der Waals surface area contributed by atoms with Crippen LogP contribution in [0, 0.1) is 5.92 Å². The fourth-order valence-electron chi connectivity index (χ4n) is 2.89. The molecule has 1 aromatic carbocycles. The smallest absolute Gasteiger partial charge is 0.342 e. The maximum absolute atomic E-state index is 12.8. The number of methoxy groups -OCH3 is 1. The molecule has 0 amide bonds. The number of benzene rings is 1. The molecule has 1 aliphatic rings. The Morgan fingerprint density at radius 1 is 1.20 bits per heavy atom. The number of hydrogen-bond donors (Lipinski definition) is 4. The lowest BCUT2D eigenvalue weighted by atomic mass is 9.99. The van der Waals surface area contributed by atoms with E-state index < -0.39 is 30.1 Å². The van der Waals surface area contributed by atoms with Crippen LogP contribution in [0.3, 0.4) is 0 Å². The molecule has 0 aromatic heterocycles. The summed E-state index contributed by atoms with van der Waals surface area (Å²) >= 11 is 0. The third-order valence-corrected chi connectivity index (χ3v) is 4.92. The number of cyclic esters (lactones) is 1. The van der Waals surface area contributed by atoms with E-state index in [1.165, 1.54) is 30.4 Å². The van der Waals surface area contributed by atoms with E-state index >= 15 is 0 Å². The van der Waals surface area contributed by atoms with Gasteiger partial charge in [0.05, 0.1) is 12.7 Å². The second-order valence-corrected chi connectivity index (χ2v) is 7.26. The maximum Gasteiger partial charge on any atom is 0.342 e. The zero-order chi connectivity index (χ0) is 22.3. The molecule has 2 rings (SSSR count). The van der Waals surface area contributed by atoms with Crippen LogP contribution in [0.2, 0.25) is 0 Å². The molecule has 4 atom stereocenters. The number of aliphatic hydroxyl groups excluding tert-OH is 2. The molecule has 0 aliphatic carbocycles. The van der Waals surface area contributed by atoms with Crippen molar-refractivity contribution in [1.29, 1.82) is 0 Å². The summed E-state index contributed by atoms with van der Waals surface area (Å²) in [5.41, 5.74) is 0.942. The minimum Gasteiger partial charge on any atom is -0.507 e. The van der Waals surface area contributed by atoms with Crippen molar-refractivity contribution in [2.75, 3.05) is 25.6 Å². The van der Waals surface area contributed by atoms with Gasteiger partial charge in [0.25, 0.3) is 0 Å². The number of phenols is 1. The standard InChI is InChI=1S/C22H29NO7/c1-13-7-8-18(25)21(27)17(24)6-4-5-15-11-16(23-9-10-29-3)12-19(26)20(15)22(28)30-14(13)2/h4-5,7-8,11-14,17,21,23-24,26-27H,6,9-10H2,1-3H3/b5-4+,8-7-/t13-,14+,17+,21+/m1/s1. The Kier molecular flexibility index (Phi) is 8.58. The molecule has 1 aromatic rings. The molecular formula is C22H29NO7. The second-order valence-electron chi connectivity index (χ2n) is 7.26. The number of carbonyl (C=O) groups is 2. The summed E-state index contributed by atoms with van der Waals surface area (Å²) in [6.45, 7) is 4.37. The average Bonchev–Trinajstić information content (AvgIpc) is 2.70. The number of nitrogens with one attached hydrogen (secondary N) is 1. The molecule has 30 heavy (non-hydrogen) atoms. The number of fused-ring (bicyclic) bond motifs is 1. The zero-order valence-corrected chi connectivity index (χ0v) is 17.4. The first-order valence-electron chi connectivity index (χ1n) is 9.80. The van der Waals surface area contributed by atoms with Gasteiger partial charge in [0.1, 0.15) is 23.5 Å². The summed E-state index contributed by atoms with van der Waals surface area (Å²) in [4.78, 5) is 24.8. The van der Waals surface area contributed by atoms with Gasteiger partial charge in [-0.2, -0.15) is 0 Å². The number of ether oxygens (including phenoxy) is 2. The van der Waals surface area contributed by atoms with Gasteiger partial charge in [-0.1, -0.05) is 25.2 Å². The van der Waals surface area contributed by atoms with E-state index in [2.05, 4.69) is 5.32 Å². The predicted octanol–water partition coefficient (Wildman–Crippen LogP) is 1.90. The summed E-state index contributed by atoms with van der Waals surface area (Å²) in [6.07, 6.45) is 2.27. The Balaban J connectivity index is 2.44. The molecule has 0 fully saturated rings. The molecule has 0 saturated carbocycles. The minimum absolute atomic E-state index is 0.00487. The molecule has 0 bridgehead atoms. The number of hydrogen-bond acceptors (Lipinski definition) is 8. The van der Waals surface area contributed by atoms with Gasteiger partial charge < -0.3 is 30.1 Å². The summed E-state index contributed by atoms with van der Waals surface area (Å²) < 4.78 is 10.5. The van der Waals surface area contributed by atoms with Crippen LogP contribution < -0.4 is 5.32 Å². The Hall–Kier alpha value is -2.68. The third kappa shape index (κ3) is 6.16. The third-order valence-electron chi connectivity index (χ3n) is 4.92. The highest BCUT2D eigenvalue weighted by Crippen LogP contribution is 2.29. The van der Waals surface area contributed by atoms with E-state index in [4.69, 9.17) is 9.47 Å². The van der Waals surface area contributed by atoms with Crippen LogP contribution in [-0.4, -0.2) is 65.6 Å². The lowest BCUT2D eigenvalue weighted by Crippen LogP contribution is -2.32. The van der Waals surface area contributed by atoms with E-state index in [1.54, 1.807) is 27.0 Å².